The molecule has 1 atom stereocenters. The Morgan fingerprint density at radius 2 is 1.74 bits per heavy atom. The molecule has 0 bridgehead atoms. The molecule has 2 aromatic heterocycles. The fourth-order valence-electron chi connectivity index (χ4n) is 2.94. The van der Waals surface area contributed by atoms with Crippen LogP contribution in [0.3, 0.4) is 0 Å². The van der Waals surface area contributed by atoms with E-state index in [1.54, 1.807) is 6.92 Å². The summed E-state index contributed by atoms with van der Waals surface area (Å²) >= 11 is 0. The number of hydrogen-bond acceptors (Lipinski definition) is 4. The van der Waals surface area contributed by atoms with Crippen LogP contribution in [0.5, 0.6) is 5.75 Å². The minimum absolute atomic E-state index is 0.0175. The van der Waals surface area contributed by atoms with E-state index in [1.807, 2.05) is 13.8 Å². The zero-order valence-corrected chi connectivity index (χ0v) is 15.4. The Hall–Kier alpha value is -2.22. The molecule has 0 aromatic carbocycles. The average molecular weight is 385 g/mol. The molecule has 2 heterocycles. The lowest BCUT2D eigenvalue weighted by atomic mass is 9.93. The normalized spacial score (nSPS) is 14.0. The van der Waals surface area contributed by atoms with Crippen LogP contribution in [-0.2, 0) is 0 Å². The summed E-state index contributed by atoms with van der Waals surface area (Å²) in [6, 6.07) is 3.69. The van der Waals surface area contributed by atoms with Gasteiger partial charge in [-0.3, -0.25) is 9.97 Å². The van der Waals surface area contributed by atoms with Gasteiger partial charge in [-0.15, -0.1) is 0 Å². The second-order valence-electron chi connectivity index (χ2n) is 7.19. The SMILES string of the molecule is CC(C)C[C@@](C)(N)COc1c(C(F)F)ccnc1-c1ccnc(C(F)F)c1. The highest BCUT2D eigenvalue weighted by Crippen LogP contribution is 2.37. The molecule has 0 saturated heterocycles. The first-order valence-electron chi connectivity index (χ1n) is 8.54. The molecule has 0 saturated carbocycles. The molecular weight excluding hydrogens is 362 g/mol. The van der Waals surface area contributed by atoms with E-state index in [4.69, 9.17) is 10.5 Å². The van der Waals surface area contributed by atoms with Crippen LogP contribution in [0.1, 0.15) is 51.3 Å². The van der Waals surface area contributed by atoms with E-state index in [2.05, 4.69) is 9.97 Å². The molecule has 2 rings (SSSR count). The van der Waals surface area contributed by atoms with E-state index in [0.29, 0.717) is 12.3 Å². The standard InChI is InChI=1S/C19H23F4N3O/c1-11(2)9-19(3,24)10-27-16-13(17(20)21)5-7-26-15(16)12-4-6-25-14(8-12)18(22)23/h4-8,11,17-18H,9-10,24H2,1-3H3/t19-/m1/s1. The molecule has 27 heavy (non-hydrogen) atoms. The predicted molar refractivity (Wildman–Crippen MR) is 94.9 cm³/mol. The molecule has 2 aromatic rings. The summed E-state index contributed by atoms with van der Waals surface area (Å²) in [5.74, 6) is 0.139. The highest BCUT2D eigenvalue weighted by atomic mass is 19.3. The van der Waals surface area contributed by atoms with Gasteiger partial charge in [0.2, 0.25) is 0 Å². The smallest absolute Gasteiger partial charge is 0.280 e. The predicted octanol–water partition coefficient (Wildman–Crippen LogP) is 5.16. The van der Waals surface area contributed by atoms with Gasteiger partial charge in [0, 0.05) is 23.5 Å². The minimum Gasteiger partial charge on any atom is -0.489 e. The maximum Gasteiger partial charge on any atom is 0.280 e. The Bertz CT molecular complexity index is 766. The summed E-state index contributed by atoms with van der Waals surface area (Å²) in [6.45, 7) is 5.74. The molecule has 8 heteroatoms. The van der Waals surface area contributed by atoms with E-state index < -0.39 is 24.1 Å². The number of nitrogens with zero attached hydrogens (tertiary/aromatic N) is 2. The fourth-order valence-corrected chi connectivity index (χ4v) is 2.94. The summed E-state index contributed by atoms with van der Waals surface area (Å²) in [6.07, 6.45) is -2.60. The van der Waals surface area contributed by atoms with Crippen molar-refractivity contribution in [3.63, 3.8) is 0 Å². The van der Waals surface area contributed by atoms with Crippen LogP contribution < -0.4 is 10.5 Å². The number of hydrogen-bond donors (Lipinski definition) is 1. The molecule has 4 nitrogen and oxygen atoms in total. The zero-order valence-electron chi connectivity index (χ0n) is 15.4. The summed E-state index contributed by atoms with van der Waals surface area (Å²) in [7, 11) is 0. The molecule has 0 unspecified atom stereocenters. The van der Waals surface area contributed by atoms with Crippen molar-refractivity contribution in [2.45, 2.75) is 45.6 Å². The third-order valence-electron chi connectivity index (χ3n) is 3.87. The molecule has 2 N–H and O–H groups in total. The van der Waals surface area contributed by atoms with Gasteiger partial charge in [0.1, 0.15) is 18.0 Å². The number of rotatable bonds is 8. The molecular formula is C19H23F4N3O. The molecule has 0 spiro atoms. The van der Waals surface area contributed by atoms with Crippen LogP contribution >= 0.6 is 0 Å². The van der Waals surface area contributed by atoms with Crippen molar-refractivity contribution in [2.24, 2.45) is 11.7 Å². The van der Waals surface area contributed by atoms with Gasteiger partial charge >= 0.3 is 0 Å². The van der Waals surface area contributed by atoms with Crippen molar-refractivity contribution in [3.8, 4) is 17.0 Å². The van der Waals surface area contributed by atoms with E-state index >= 15 is 0 Å². The second-order valence-corrected chi connectivity index (χ2v) is 7.19. The summed E-state index contributed by atoms with van der Waals surface area (Å²) in [5, 5.41) is 0. The van der Waals surface area contributed by atoms with E-state index in [1.165, 1.54) is 18.5 Å². The van der Waals surface area contributed by atoms with Gasteiger partial charge in [-0.2, -0.15) is 0 Å². The fraction of sp³-hybridized carbons (Fsp3) is 0.474. The lowest BCUT2D eigenvalue weighted by Gasteiger charge is -2.27. The van der Waals surface area contributed by atoms with Crippen LogP contribution in [0.25, 0.3) is 11.3 Å². The zero-order chi connectivity index (χ0) is 20.2. The van der Waals surface area contributed by atoms with Gasteiger partial charge in [0.05, 0.1) is 5.56 Å². The van der Waals surface area contributed by atoms with E-state index in [-0.39, 0.29) is 29.2 Å². The minimum atomic E-state index is -2.81. The van der Waals surface area contributed by atoms with Gasteiger partial charge < -0.3 is 10.5 Å². The van der Waals surface area contributed by atoms with Gasteiger partial charge in [0.25, 0.3) is 12.9 Å². The molecule has 0 aliphatic rings. The van der Waals surface area contributed by atoms with Crippen molar-refractivity contribution in [3.05, 3.63) is 41.9 Å². The average Bonchev–Trinajstić information content (AvgIpc) is 2.58. The van der Waals surface area contributed by atoms with E-state index in [9.17, 15) is 17.6 Å². The van der Waals surface area contributed by atoms with Crippen LogP contribution in [0.4, 0.5) is 17.6 Å². The molecule has 0 amide bonds. The highest BCUT2D eigenvalue weighted by Gasteiger charge is 2.25. The summed E-state index contributed by atoms with van der Waals surface area (Å²) < 4.78 is 58.5. The molecule has 0 aliphatic heterocycles. The van der Waals surface area contributed by atoms with Crippen LogP contribution in [-0.4, -0.2) is 22.1 Å². The van der Waals surface area contributed by atoms with Crippen LogP contribution in [0.2, 0.25) is 0 Å². The third kappa shape index (κ3) is 5.63. The van der Waals surface area contributed by atoms with Crippen LogP contribution in [0, 0.1) is 5.92 Å². The molecule has 148 valence electrons. The number of nitrogens with two attached hydrogens (primary N) is 1. The van der Waals surface area contributed by atoms with Gasteiger partial charge in [-0.1, -0.05) is 13.8 Å². The second kappa shape index (κ2) is 8.65. The van der Waals surface area contributed by atoms with E-state index in [0.717, 1.165) is 12.1 Å². The lowest BCUT2D eigenvalue weighted by Crippen LogP contribution is -2.43. The van der Waals surface area contributed by atoms with Crippen molar-refractivity contribution in [1.82, 2.24) is 9.97 Å². The quantitative estimate of drug-likeness (QED) is 0.638. The Morgan fingerprint density at radius 1 is 1.07 bits per heavy atom. The van der Waals surface area contributed by atoms with Crippen molar-refractivity contribution in [2.75, 3.05) is 6.61 Å². The van der Waals surface area contributed by atoms with Crippen LogP contribution in [0.15, 0.2) is 30.6 Å². The highest BCUT2D eigenvalue weighted by molar-refractivity contribution is 5.68. The Balaban J connectivity index is 2.44. The van der Waals surface area contributed by atoms with Crippen molar-refractivity contribution in [1.29, 1.82) is 0 Å². The number of alkyl halides is 4. The summed E-state index contributed by atoms with van der Waals surface area (Å²) in [5.41, 5.74) is 4.90. The Morgan fingerprint density at radius 3 is 2.33 bits per heavy atom. The number of halogens is 4. The van der Waals surface area contributed by atoms with Gasteiger partial charge in [-0.05, 0) is 37.5 Å². The Labute approximate surface area is 155 Å². The van der Waals surface area contributed by atoms with Crippen molar-refractivity contribution < 1.29 is 22.3 Å². The first kappa shape index (κ1) is 21.1. The molecule has 0 radical (unpaired) electrons. The van der Waals surface area contributed by atoms with Gasteiger partial charge in [0.15, 0.2) is 5.75 Å². The number of ether oxygens (including phenoxy) is 1. The maximum absolute atomic E-state index is 13.5. The molecule has 0 aliphatic carbocycles. The lowest BCUT2D eigenvalue weighted by molar-refractivity contribution is 0.140. The summed E-state index contributed by atoms with van der Waals surface area (Å²) in [4.78, 5) is 7.66. The maximum atomic E-state index is 13.5. The molecule has 0 fully saturated rings. The first-order chi connectivity index (χ1) is 12.6. The van der Waals surface area contributed by atoms with Gasteiger partial charge in [-0.25, -0.2) is 17.6 Å². The largest absolute Gasteiger partial charge is 0.489 e. The monoisotopic (exact) mass is 385 g/mol. The Kier molecular flexibility index (Phi) is 6.75. The first-order valence-corrected chi connectivity index (χ1v) is 8.54. The topological polar surface area (TPSA) is 61.0 Å². The third-order valence-corrected chi connectivity index (χ3v) is 3.87. The number of aromatic nitrogens is 2. The van der Waals surface area contributed by atoms with Crippen molar-refractivity contribution >= 4 is 0 Å². The number of pyridine rings is 2.